The third-order valence-electron chi connectivity index (χ3n) is 6.13. The highest BCUT2D eigenvalue weighted by Crippen LogP contribution is 2.26. The van der Waals surface area contributed by atoms with Crippen molar-refractivity contribution in [2.24, 2.45) is 0 Å². The summed E-state index contributed by atoms with van der Waals surface area (Å²) in [6, 6.07) is 28.6. The first-order chi connectivity index (χ1) is 20.7. The summed E-state index contributed by atoms with van der Waals surface area (Å²) in [5.41, 5.74) is 2.24. The molecule has 4 rings (SSSR count). The third-order valence-corrected chi connectivity index (χ3v) is 7.24. The molecule has 9 nitrogen and oxygen atoms in total. The van der Waals surface area contributed by atoms with Gasteiger partial charge in [-0.05, 0) is 91.4 Å². The molecule has 4 aromatic carbocycles. The number of benzene rings is 4. The molecule has 0 saturated heterocycles. The zero-order valence-electron chi connectivity index (χ0n) is 23.4. The molecule has 0 aliphatic carbocycles. The standard InChI is InChI=1S/C33H29N3O6S/c1-21(30(37)34-25-13-11-24(12-14-25)33(40)41)43-28-17-15-26(16-18-28)35-32(39)29(20-22-7-6-10-27(19-22)42-2)36-31(38)23-8-4-3-5-9-23/h3-21H,1-2H3,(H,34,37)(H,35,39)(H,36,38)(H,40,41)/b29-20-. The van der Waals surface area contributed by atoms with E-state index in [1.807, 2.05) is 0 Å². The van der Waals surface area contributed by atoms with Crippen LogP contribution in [0, 0.1) is 0 Å². The number of hydrogen-bond acceptors (Lipinski definition) is 6. The molecular formula is C33H29N3O6S. The van der Waals surface area contributed by atoms with Crippen molar-refractivity contribution in [3.05, 3.63) is 126 Å². The summed E-state index contributed by atoms with van der Waals surface area (Å²) >= 11 is 1.33. The highest BCUT2D eigenvalue weighted by molar-refractivity contribution is 8.00. The zero-order valence-corrected chi connectivity index (χ0v) is 24.2. The van der Waals surface area contributed by atoms with Crippen molar-refractivity contribution in [3.63, 3.8) is 0 Å². The summed E-state index contributed by atoms with van der Waals surface area (Å²) in [5, 5.41) is 16.9. The molecule has 0 aliphatic heterocycles. The van der Waals surface area contributed by atoms with Crippen LogP contribution in [0.2, 0.25) is 0 Å². The Bertz CT molecular complexity index is 1640. The van der Waals surface area contributed by atoms with E-state index >= 15 is 0 Å². The topological polar surface area (TPSA) is 134 Å². The second-order valence-corrected chi connectivity index (χ2v) is 10.7. The summed E-state index contributed by atoms with van der Waals surface area (Å²) in [4.78, 5) is 50.6. The second kappa shape index (κ2) is 14.5. The smallest absolute Gasteiger partial charge is 0.335 e. The zero-order chi connectivity index (χ0) is 30.8. The molecule has 0 aromatic heterocycles. The van der Waals surface area contributed by atoms with Gasteiger partial charge in [-0.25, -0.2) is 4.79 Å². The number of methoxy groups -OCH3 is 1. The van der Waals surface area contributed by atoms with Crippen molar-refractivity contribution in [1.29, 1.82) is 0 Å². The predicted molar refractivity (Wildman–Crippen MR) is 167 cm³/mol. The average molecular weight is 596 g/mol. The quantitative estimate of drug-likeness (QED) is 0.125. The Labute approximate surface area is 253 Å². The minimum atomic E-state index is -1.04. The number of anilines is 2. The molecule has 218 valence electrons. The Hall–Kier alpha value is -5.35. The minimum Gasteiger partial charge on any atom is -0.497 e. The van der Waals surface area contributed by atoms with Crippen molar-refractivity contribution in [3.8, 4) is 5.75 Å². The highest BCUT2D eigenvalue weighted by Gasteiger charge is 2.17. The van der Waals surface area contributed by atoms with Crippen LogP contribution in [0.3, 0.4) is 0 Å². The number of carbonyl (C=O) groups is 4. The van der Waals surface area contributed by atoms with Gasteiger partial charge in [0.05, 0.1) is 17.9 Å². The van der Waals surface area contributed by atoms with Gasteiger partial charge in [-0.15, -0.1) is 11.8 Å². The molecule has 4 N–H and O–H groups in total. The van der Waals surface area contributed by atoms with Crippen molar-refractivity contribution >= 4 is 52.9 Å². The molecule has 1 atom stereocenters. The SMILES string of the molecule is COc1cccc(/C=C(\NC(=O)c2ccccc2)C(=O)Nc2ccc(SC(C)C(=O)Nc3ccc(C(=O)O)cc3)cc2)c1. The molecule has 1 unspecified atom stereocenters. The number of carboxylic acids is 1. The number of hydrogen-bond donors (Lipinski definition) is 4. The van der Waals surface area contributed by atoms with Gasteiger partial charge >= 0.3 is 5.97 Å². The first-order valence-corrected chi connectivity index (χ1v) is 14.0. The molecule has 43 heavy (non-hydrogen) atoms. The van der Waals surface area contributed by atoms with Crippen molar-refractivity contribution in [2.45, 2.75) is 17.1 Å². The number of rotatable bonds is 11. The fourth-order valence-electron chi connectivity index (χ4n) is 3.85. The molecule has 0 fully saturated rings. The molecule has 10 heteroatoms. The van der Waals surface area contributed by atoms with Crippen LogP contribution < -0.4 is 20.7 Å². The van der Waals surface area contributed by atoms with Crippen molar-refractivity contribution in [1.82, 2.24) is 5.32 Å². The van der Waals surface area contributed by atoms with Crippen LogP contribution in [0.4, 0.5) is 11.4 Å². The van der Waals surface area contributed by atoms with Crippen molar-refractivity contribution < 1.29 is 29.0 Å². The number of carboxylic acid groups (broad SMARTS) is 1. The van der Waals surface area contributed by atoms with Gasteiger partial charge in [-0.1, -0.05) is 30.3 Å². The van der Waals surface area contributed by atoms with E-state index in [0.29, 0.717) is 28.3 Å². The van der Waals surface area contributed by atoms with E-state index < -0.39 is 23.0 Å². The maximum Gasteiger partial charge on any atom is 0.335 e. The number of carbonyl (C=O) groups excluding carboxylic acids is 3. The van der Waals surface area contributed by atoms with E-state index in [1.54, 1.807) is 99.0 Å². The van der Waals surface area contributed by atoms with Crippen molar-refractivity contribution in [2.75, 3.05) is 17.7 Å². The molecular weight excluding hydrogens is 566 g/mol. The Kier molecular flexibility index (Phi) is 10.3. The number of amides is 3. The van der Waals surface area contributed by atoms with Gasteiger partial charge in [0.25, 0.3) is 11.8 Å². The lowest BCUT2D eigenvalue weighted by molar-refractivity contribution is -0.115. The molecule has 3 amide bonds. The fourth-order valence-corrected chi connectivity index (χ4v) is 4.72. The average Bonchev–Trinajstić information content (AvgIpc) is 3.02. The first kappa shape index (κ1) is 30.6. The predicted octanol–water partition coefficient (Wildman–Crippen LogP) is 5.92. The van der Waals surface area contributed by atoms with E-state index in [4.69, 9.17) is 9.84 Å². The van der Waals surface area contributed by atoms with Gasteiger partial charge in [-0.3, -0.25) is 14.4 Å². The van der Waals surface area contributed by atoms with Gasteiger partial charge in [0.15, 0.2) is 0 Å². The van der Waals surface area contributed by atoms with E-state index in [-0.39, 0.29) is 17.2 Å². The Morgan fingerprint density at radius 1 is 0.791 bits per heavy atom. The van der Waals surface area contributed by atoms with E-state index in [2.05, 4.69) is 16.0 Å². The molecule has 0 radical (unpaired) electrons. The van der Waals surface area contributed by atoms with Crippen LogP contribution in [0.5, 0.6) is 5.75 Å². The lowest BCUT2D eigenvalue weighted by atomic mass is 10.1. The number of ether oxygens (including phenoxy) is 1. The van der Waals surface area contributed by atoms with E-state index in [9.17, 15) is 19.2 Å². The van der Waals surface area contributed by atoms with Gasteiger partial charge in [0.1, 0.15) is 11.4 Å². The van der Waals surface area contributed by atoms with Gasteiger partial charge in [0.2, 0.25) is 5.91 Å². The Balaban J connectivity index is 1.42. The number of thioether (sulfide) groups is 1. The van der Waals surface area contributed by atoms with Gasteiger partial charge in [0, 0.05) is 21.8 Å². The first-order valence-electron chi connectivity index (χ1n) is 13.2. The van der Waals surface area contributed by atoms with Crippen LogP contribution in [-0.2, 0) is 9.59 Å². The molecule has 0 aliphatic rings. The minimum absolute atomic E-state index is 0.0437. The van der Waals surface area contributed by atoms with Gasteiger partial charge < -0.3 is 25.8 Å². The number of nitrogens with one attached hydrogen (secondary N) is 3. The largest absolute Gasteiger partial charge is 0.497 e. The maximum atomic E-state index is 13.3. The lowest BCUT2D eigenvalue weighted by Crippen LogP contribution is -2.30. The highest BCUT2D eigenvalue weighted by atomic mass is 32.2. The Morgan fingerprint density at radius 3 is 2.09 bits per heavy atom. The van der Waals surface area contributed by atoms with Crippen LogP contribution in [-0.4, -0.2) is 41.2 Å². The summed E-state index contributed by atoms with van der Waals surface area (Å²) in [6.07, 6.45) is 1.57. The normalized spacial score (nSPS) is 11.6. The molecule has 0 heterocycles. The second-order valence-electron chi connectivity index (χ2n) is 9.27. The summed E-state index contributed by atoms with van der Waals surface area (Å²) in [5.74, 6) is -1.62. The molecule has 0 bridgehead atoms. The van der Waals surface area contributed by atoms with Gasteiger partial charge in [-0.2, -0.15) is 0 Å². The van der Waals surface area contributed by atoms with E-state index in [0.717, 1.165) is 4.90 Å². The molecule has 4 aromatic rings. The van der Waals surface area contributed by atoms with Crippen LogP contribution in [0.1, 0.15) is 33.2 Å². The maximum absolute atomic E-state index is 13.3. The number of aromatic carboxylic acids is 1. The van der Waals surface area contributed by atoms with Crippen LogP contribution in [0.15, 0.2) is 114 Å². The summed E-state index contributed by atoms with van der Waals surface area (Å²) in [6.45, 7) is 1.76. The molecule has 0 saturated carbocycles. The fraction of sp³-hybridized carbons (Fsp3) is 0.0909. The monoisotopic (exact) mass is 595 g/mol. The van der Waals surface area contributed by atoms with E-state index in [1.165, 1.54) is 36.0 Å². The summed E-state index contributed by atoms with van der Waals surface area (Å²) in [7, 11) is 1.55. The Morgan fingerprint density at radius 2 is 1.44 bits per heavy atom. The summed E-state index contributed by atoms with van der Waals surface area (Å²) < 4.78 is 5.27. The lowest BCUT2D eigenvalue weighted by Gasteiger charge is -2.14. The third kappa shape index (κ3) is 8.82. The molecule has 0 spiro atoms. The van der Waals surface area contributed by atoms with Crippen LogP contribution in [0.25, 0.3) is 6.08 Å². The van der Waals surface area contributed by atoms with Crippen LogP contribution >= 0.6 is 11.8 Å².